The van der Waals surface area contributed by atoms with Crippen LogP contribution < -0.4 is 5.32 Å². The van der Waals surface area contributed by atoms with Gasteiger partial charge in [-0.25, -0.2) is 8.42 Å². The lowest BCUT2D eigenvalue weighted by atomic mass is 10.1. The highest BCUT2D eigenvalue weighted by Gasteiger charge is 2.30. The van der Waals surface area contributed by atoms with Gasteiger partial charge in [-0.2, -0.15) is 4.31 Å². The Morgan fingerprint density at radius 3 is 2.22 bits per heavy atom. The molecule has 166 valence electrons. The second-order valence-corrected chi connectivity index (χ2v) is 9.86. The van der Waals surface area contributed by atoms with E-state index in [-0.39, 0.29) is 49.4 Å². The van der Waals surface area contributed by atoms with Crippen LogP contribution in [0.2, 0.25) is 5.02 Å². The minimum atomic E-state index is -3.65. The number of rotatable bonds is 5. The Labute approximate surface area is 191 Å². The van der Waals surface area contributed by atoms with Crippen molar-refractivity contribution in [2.75, 3.05) is 32.7 Å². The summed E-state index contributed by atoms with van der Waals surface area (Å²) in [6.07, 6.45) is 0. The maximum Gasteiger partial charge on any atom is 0.251 e. The standard InChI is InChI=1S/C23H22ClN3O4S/c24-20-8-5-18(6-9-20)23(29)25-16-22(28)26-11-13-27(14-12-26)32(30,31)21-10-7-17-3-1-2-4-19(17)15-21/h1-10,15H,11-14,16H2,(H,25,29). The summed E-state index contributed by atoms with van der Waals surface area (Å²) in [7, 11) is -3.65. The molecule has 3 aromatic carbocycles. The molecule has 4 rings (SSSR count). The zero-order valence-electron chi connectivity index (χ0n) is 17.2. The zero-order valence-corrected chi connectivity index (χ0v) is 18.8. The molecular formula is C23H22ClN3O4S. The van der Waals surface area contributed by atoms with Gasteiger partial charge in [0.15, 0.2) is 0 Å². The number of hydrogen-bond donors (Lipinski definition) is 1. The number of sulfonamides is 1. The van der Waals surface area contributed by atoms with Crippen molar-refractivity contribution in [2.24, 2.45) is 0 Å². The third kappa shape index (κ3) is 4.77. The molecule has 1 fully saturated rings. The van der Waals surface area contributed by atoms with Gasteiger partial charge in [0, 0.05) is 36.8 Å². The highest BCUT2D eigenvalue weighted by molar-refractivity contribution is 7.89. The van der Waals surface area contributed by atoms with E-state index in [0.29, 0.717) is 10.6 Å². The summed E-state index contributed by atoms with van der Waals surface area (Å²) in [5.41, 5.74) is 0.411. The number of nitrogens with zero attached hydrogens (tertiary/aromatic N) is 2. The van der Waals surface area contributed by atoms with E-state index < -0.39 is 10.0 Å². The van der Waals surface area contributed by atoms with Crippen LogP contribution in [0.5, 0.6) is 0 Å². The van der Waals surface area contributed by atoms with Crippen LogP contribution in [0, 0.1) is 0 Å². The van der Waals surface area contributed by atoms with Crippen molar-refractivity contribution >= 4 is 44.2 Å². The summed E-state index contributed by atoms with van der Waals surface area (Å²) < 4.78 is 27.5. The largest absolute Gasteiger partial charge is 0.343 e. The molecule has 0 radical (unpaired) electrons. The molecule has 1 aliphatic heterocycles. The Hall–Kier alpha value is -2.94. The van der Waals surface area contributed by atoms with E-state index in [9.17, 15) is 18.0 Å². The van der Waals surface area contributed by atoms with Gasteiger partial charge in [-0.1, -0.05) is 41.9 Å². The molecular weight excluding hydrogens is 450 g/mol. The van der Waals surface area contributed by atoms with Crippen molar-refractivity contribution < 1.29 is 18.0 Å². The SMILES string of the molecule is O=C(NCC(=O)N1CCN(S(=O)(=O)c2ccc3ccccc3c2)CC1)c1ccc(Cl)cc1. The van der Waals surface area contributed by atoms with Crippen molar-refractivity contribution in [1.82, 2.24) is 14.5 Å². The van der Waals surface area contributed by atoms with E-state index in [1.165, 1.54) is 4.31 Å². The van der Waals surface area contributed by atoms with Crippen molar-refractivity contribution in [3.05, 3.63) is 77.3 Å². The van der Waals surface area contributed by atoms with Crippen LogP contribution in [0.25, 0.3) is 10.8 Å². The predicted octanol–water partition coefficient (Wildman–Crippen LogP) is 2.76. The lowest BCUT2D eigenvalue weighted by molar-refractivity contribution is -0.131. The number of fused-ring (bicyclic) bond motifs is 1. The summed E-state index contributed by atoms with van der Waals surface area (Å²) in [5, 5.41) is 4.95. The highest BCUT2D eigenvalue weighted by atomic mass is 35.5. The molecule has 0 atom stereocenters. The van der Waals surface area contributed by atoms with Crippen LogP contribution in [0.4, 0.5) is 0 Å². The second kappa shape index (κ2) is 9.28. The number of carbonyl (C=O) groups is 2. The summed E-state index contributed by atoms with van der Waals surface area (Å²) in [4.78, 5) is 26.5. The number of carbonyl (C=O) groups excluding carboxylic acids is 2. The Balaban J connectivity index is 1.34. The van der Waals surface area contributed by atoms with Gasteiger partial charge in [-0.05, 0) is 47.2 Å². The van der Waals surface area contributed by atoms with E-state index >= 15 is 0 Å². The van der Waals surface area contributed by atoms with Crippen LogP contribution in [0.3, 0.4) is 0 Å². The number of halogens is 1. The lowest BCUT2D eigenvalue weighted by Crippen LogP contribution is -2.52. The summed E-state index contributed by atoms with van der Waals surface area (Å²) >= 11 is 5.81. The van der Waals surface area contributed by atoms with Crippen LogP contribution in [0.1, 0.15) is 10.4 Å². The summed E-state index contributed by atoms with van der Waals surface area (Å²) in [6.45, 7) is 0.780. The molecule has 0 saturated carbocycles. The Kier molecular flexibility index (Phi) is 6.45. The number of benzene rings is 3. The third-order valence-corrected chi connectivity index (χ3v) is 7.60. The van der Waals surface area contributed by atoms with Gasteiger partial charge < -0.3 is 10.2 Å². The van der Waals surface area contributed by atoms with E-state index in [1.54, 1.807) is 47.4 Å². The van der Waals surface area contributed by atoms with Crippen LogP contribution in [-0.2, 0) is 14.8 Å². The minimum Gasteiger partial charge on any atom is -0.343 e. The first kappa shape index (κ1) is 22.3. The van der Waals surface area contributed by atoms with Crippen molar-refractivity contribution in [1.29, 1.82) is 0 Å². The molecule has 1 saturated heterocycles. The molecule has 1 heterocycles. The van der Waals surface area contributed by atoms with Gasteiger partial charge in [0.05, 0.1) is 11.4 Å². The van der Waals surface area contributed by atoms with Crippen molar-refractivity contribution in [3.63, 3.8) is 0 Å². The maximum absolute atomic E-state index is 13.1. The van der Waals surface area contributed by atoms with Crippen LogP contribution >= 0.6 is 11.6 Å². The molecule has 0 unspecified atom stereocenters. The molecule has 1 N–H and O–H groups in total. The minimum absolute atomic E-state index is 0.154. The lowest BCUT2D eigenvalue weighted by Gasteiger charge is -2.34. The molecule has 2 amide bonds. The first-order valence-corrected chi connectivity index (χ1v) is 12.0. The molecule has 0 spiro atoms. The van der Waals surface area contributed by atoms with Gasteiger partial charge in [-0.15, -0.1) is 0 Å². The molecule has 0 aromatic heterocycles. The van der Waals surface area contributed by atoms with Gasteiger partial charge in [0.2, 0.25) is 15.9 Å². The first-order chi connectivity index (χ1) is 15.3. The molecule has 0 aliphatic carbocycles. The van der Waals surface area contributed by atoms with Gasteiger partial charge in [0.1, 0.15) is 0 Å². The molecule has 3 aromatic rings. The molecule has 7 nitrogen and oxygen atoms in total. The third-order valence-electron chi connectivity index (χ3n) is 5.46. The maximum atomic E-state index is 13.1. The fourth-order valence-corrected chi connectivity index (χ4v) is 5.21. The summed E-state index contributed by atoms with van der Waals surface area (Å²) in [5.74, 6) is -0.623. The van der Waals surface area contributed by atoms with E-state index in [4.69, 9.17) is 11.6 Å². The predicted molar refractivity (Wildman–Crippen MR) is 123 cm³/mol. The van der Waals surface area contributed by atoms with Crippen molar-refractivity contribution in [2.45, 2.75) is 4.90 Å². The van der Waals surface area contributed by atoms with E-state index in [0.717, 1.165) is 10.8 Å². The van der Waals surface area contributed by atoms with Crippen molar-refractivity contribution in [3.8, 4) is 0 Å². The van der Waals surface area contributed by atoms with Gasteiger partial charge in [-0.3, -0.25) is 9.59 Å². The van der Waals surface area contributed by atoms with E-state index in [1.807, 2.05) is 24.3 Å². The smallest absolute Gasteiger partial charge is 0.251 e. The first-order valence-electron chi connectivity index (χ1n) is 10.1. The van der Waals surface area contributed by atoms with Crippen LogP contribution in [0.15, 0.2) is 71.6 Å². The average molecular weight is 472 g/mol. The highest BCUT2D eigenvalue weighted by Crippen LogP contribution is 2.23. The molecule has 32 heavy (non-hydrogen) atoms. The van der Waals surface area contributed by atoms with Gasteiger partial charge in [0.25, 0.3) is 5.91 Å². The Morgan fingerprint density at radius 2 is 1.53 bits per heavy atom. The average Bonchev–Trinajstić information content (AvgIpc) is 2.82. The number of amides is 2. The number of piperazine rings is 1. The van der Waals surface area contributed by atoms with Gasteiger partial charge >= 0.3 is 0 Å². The summed E-state index contributed by atoms with van der Waals surface area (Å²) in [6, 6.07) is 19.0. The quantitative estimate of drug-likeness (QED) is 0.620. The fraction of sp³-hybridized carbons (Fsp3) is 0.217. The Morgan fingerprint density at radius 1 is 0.875 bits per heavy atom. The van der Waals surface area contributed by atoms with E-state index in [2.05, 4.69) is 5.32 Å². The fourth-order valence-electron chi connectivity index (χ4n) is 3.63. The monoisotopic (exact) mass is 471 g/mol. The molecule has 0 bridgehead atoms. The molecule has 1 aliphatic rings. The molecule has 9 heteroatoms. The number of nitrogens with one attached hydrogen (secondary N) is 1. The number of hydrogen-bond acceptors (Lipinski definition) is 4. The topological polar surface area (TPSA) is 86.8 Å². The second-order valence-electron chi connectivity index (χ2n) is 7.48. The van der Waals surface area contributed by atoms with Crippen LogP contribution in [-0.4, -0.2) is 62.2 Å². The zero-order chi connectivity index (χ0) is 22.7. The normalized spacial score (nSPS) is 15.0. The Bertz CT molecular complexity index is 1250.